The Morgan fingerprint density at radius 2 is 1.08 bits per heavy atom. The minimum absolute atomic E-state index is 0.132. The first kappa shape index (κ1) is 30.6. The summed E-state index contributed by atoms with van der Waals surface area (Å²) in [4.78, 5) is 33.0. The lowest BCUT2D eigenvalue weighted by Gasteiger charge is -2.53. The van der Waals surface area contributed by atoms with Crippen molar-refractivity contribution in [2.24, 2.45) is 5.41 Å². The van der Waals surface area contributed by atoms with Crippen molar-refractivity contribution >= 4 is 11.9 Å². The monoisotopic (exact) mass is 528 g/mol. The van der Waals surface area contributed by atoms with Crippen molar-refractivity contribution in [1.82, 2.24) is 9.80 Å². The van der Waals surface area contributed by atoms with Crippen LogP contribution in [0.5, 0.6) is 0 Å². The lowest BCUT2D eigenvalue weighted by Crippen LogP contribution is -2.61. The first-order valence-electron chi connectivity index (χ1n) is 14.3. The molecule has 0 N–H and O–H groups in total. The fourth-order valence-electron chi connectivity index (χ4n) is 6.84. The average Bonchev–Trinajstić information content (AvgIpc) is 2.79. The molecule has 6 heteroatoms. The minimum Gasteiger partial charge on any atom is -0.461 e. The lowest BCUT2D eigenvalue weighted by atomic mass is 9.76. The van der Waals surface area contributed by atoms with Crippen molar-refractivity contribution in [1.29, 1.82) is 0 Å². The number of likely N-dealkylation sites (tertiary alicyclic amines) is 2. The van der Waals surface area contributed by atoms with Crippen LogP contribution in [0.1, 0.15) is 100.0 Å². The standard InChI is InChI=1S/C32H52N2O4/c1-12-32(18-23-16-14-13-15-17-23,26(35)37-24-19-28(2,3)33(10)29(4,5)20-24)27(36)38-25-21-30(6,7)34(11)31(8,9)22-25/h13-17,24-25H,12,18-22H2,1-11H3. The van der Waals surface area contributed by atoms with Gasteiger partial charge in [0.1, 0.15) is 12.2 Å². The zero-order valence-corrected chi connectivity index (χ0v) is 25.8. The highest BCUT2D eigenvalue weighted by Crippen LogP contribution is 2.42. The minimum atomic E-state index is -1.39. The van der Waals surface area contributed by atoms with Crippen LogP contribution in [-0.2, 0) is 25.5 Å². The number of nitrogens with zero attached hydrogens (tertiary/aromatic N) is 2. The van der Waals surface area contributed by atoms with E-state index in [1.165, 1.54) is 0 Å². The van der Waals surface area contributed by atoms with Crippen molar-refractivity contribution < 1.29 is 19.1 Å². The Hall–Kier alpha value is -1.92. The van der Waals surface area contributed by atoms with Gasteiger partial charge in [-0.3, -0.25) is 19.4 Å². The molecule has 2 aliphatic heterocycles. The summed E-state index contributed by atoms with van der Waals surface area (Å²) in [7, 11) is 4.26. The SMILES string of the molecule is CCC(Cc1ccccc1)(C(=O)OC1CC(C)(C)N(C)C(C)(C)C1)C(=O)OC1CC(C)(C)N(C)C(C)(C)C1. The average molecular weight is 529 g/mol. The van der Waals surface area contributed by atoms with Crippen molar-refractivity contribution in [3.05, 3.63) is 35.9 Å². The first-order valence-corrected chi connectivity index (χ1v) is 14.3. The van der Waals surface area contributed by atoms with Gasteiger partial charge in [0, 0.05) is 47.8 Å². The van der Waals surface area contributed by atoms with E-state index in [-0.39, 0.29) is 40.8 Å². The van der Waals surface area contributed by atoms with Crippen LogP contribution in [0.2, 0.25) is 0 Å². The second-order valence-corrected chi connectivity index (χ2v) is 14.3. The number of ether oxygens (including phenoxy) is 2. The summed E-state index contributed by atoms with van der Waals surface area (Å²) in [5.74, 6) is -0.914. The Labute approximate surface area is 231 Å². The number of carbonyl (C=O) groups excluding carboxylic acids is 2. The highest BCUT2D eigenvalue weighted by molar-refractivity contribution is 6.00. The molecule has 3 rings (SSSR count). The van der Waals surface area contributed by atoms with Crippen LogP contribution in [0.25, 0.3) is 0 Å². The van der Waals surface area contributed by atoms with E-state index in [1.807, 2.05) is 37.3 Å². The van der Waals surface area contributed by atoms with Crippen molar-refractivity contribution in [2.45, 2.75) is 135 Å². The summed E-state index contributed by atoms with van der Waals surface area (Å²) in [5, 5.41) is 0. The molecule has 0 bridgehead atoms. The zero-order chi connectivity index (χ0) is 28.7. The Kier molecular flexibility index (Phi) is 8.52. The largest absolute Gasteiger partial charge is 0.461 e. The highest BCUT2D eigenvalue weighted by Gasteiger charge is 2.53. The van der Waals surface area contributed by atoms with Crippen molar-refractivity contribution in [3.63, 3.8) is 0 Å². The molecule has 1 aromatic rings. The smallest absolute Gasteiger partial charge is 0.324 e. The molecule has 0 atom stereocenters. The van der Waals surface area contributed by atoms with Gasteiger partial charge in [-0.1, -0.05) is 37.3 Å². The van der Waals surface area contributed by atoms with Crippen molar-refractivity contribution in [3.8, 4) is 0 Å². The normalized spacial score (nSPS) is 24.1. The molecule has 0 aromatic heterocycles. The summed E-state index contributed by atoms with van der Waals surface area (Å²) in [6.45, 7) is 19.4. The van der Waals surface area contributed by atoms with Crippen LogP contribution in [0.4, 0.5) is 0 Å². The van der Waals surface area contributed by atoms with Gasteiger partial charge in [0.2, 0.25) is 0 Å². The molecule has 0 amide bonds. The van der Waals surface area contributed by atoms with Gasteiger partial charge in [0.05, 0.1) is 0 Å². The molecular weight excluding hydrogens is 476 g/mol. The molecule has 2 fully saturated rings. The number of piperidine rings is 2. The molecule has 0 spiro atoms. The number of carbonyl (C=O) groups is 2. The van der Waals surface area contributed by atoms with Crippen LogP contribution in [0, 0.1) is 5.41 Å². The van der Waals surface area contributed by atoms with Crippen molar-refractivity contribution in [2.75, 3.05) is 14.1 Å². The predicted octanol–water partition coefficient (Wildman–Crippen LogP) is 6.01. The van der Waals surface area contributed by atoms with E-state index < -0.39 is 17.4 Å². The number of benzene rings is 1. The number of esters is 2. The fourth-order valence-corrected chi connectivity index (χ4v) is 6.84. The molecule has 2 saturated heterocycles. The Morgan fingerprint density at radius 1 is 0.737 bits per heavy atom. The quantitative estimate of drug-likeness (QED) is 0.319. The molecule has 1 aromatic carbocycles. The van der Waals surface area contributed by atoms with Gasteiger partial charge in [0.25, 0.3) is 0 Å². The van der Waals surface area contributed by atoms with Crippen LogP contribution < -0.4 is 0 Å². The summed E-state index contributed by atoms with van der Waals surface area (Å²) in [6, 6.07) is 9.76. The molecular formula is C32H52N2O4. The summed E-state index contributed by atoms with van der Waals surface area (Å²) < 4.78 is 12.5. The van der Waals surface area contributed by atoms with E-state index in [4.69, 9.17) is 9.47 Å². The van der Waals surface area contributed by atoms with Gasteiger partial charge in [-0.05, 0) is 87.9 Å². The number of hydrogen-bond donors (Lipinski definition) is 0. The van der Waals surface area contributed by atoms with E-state index in [0.717, 1.165) is 31.2 Å². The maximum atomic E-state index is 14.1. The molecule has 38 heavy (non-hydrogen) atoms. The molecule has 2 heterocycles. The van der Waals surface area contributed by atoms with Crippen LogP contribution in [0.15, 0.2) is 30.3 Å². The van der Waals surface area contributed by atoms with E-state index in [0.29, 0.717) is 6.42 Å². The van der Waals surface area contributed by atoms with E-state index in [2.05, 4.69) is 79.3 Å². The van der Waals surface area contributed by atoms with Gasteiger partial charge in [-0.25, -0.2) is 0 Å². The summed E-state index contributed by atoms with van der Waals surface area (Å²) in [5.41, 5.74) is -0.994. The van der Waals surface area contributed by atoms with Crippen LogP contribution in [-0.4, -0.2) is 70.2 Å². The Bertz CT molecular complexity index is 906. The van der Waals surface area contributed by atoms with Gasteiger partial charge >= 0.3 is 11.9 Å². The topological polar surface area (TPSA) is 59.1 Å². The molecule has 0 saturated carbocycles. The van der Waals surface area contributed by atoms with Crippen LogP contribution in [0.3, 0.4) is 0 Å². The third kappa shape index (κ3) is 6.12. The molecule has 0 radical (unpaired) electrons. The fraction of sp³-hybridized carbons (Fsp3) is 0.750. The molecule has 0 unspecified atom stereocenters. The number of hydrogen-bond acceptors (Lipinski definition) is 6. The predicted molar refractivity (Wildman–Crippen MR) is 153 cm³/mol. The molecule has 6 nitrogen and oxygen atoms in total. The third-order valence-electron chi connectivity index (χ3n) is 9.82. The van der Waals surface area contributed by atoms with Crippen LogP contribution >= 0.6 is 0 Å². The maximum Gasteiger partial charge on any atom is 0.324 e. The van der Waals surface area contributed by atoms with Gasteiger partial charge in [0.15, 0.2) is 5.41 Å². The zero-order valence-electron chi connectivity index (χ0n) is 25.8. The highest BCUT2D eigenvalue weighted by atomic mass is 16.6. The third-order valence-corrected chi connectivity index (χ3v) is 9.82. The number of rotatable bonds is 7. The Balaban J connectivity index is 1.91. The van der Waals surface area contributed by atoms with Gasteiger partial charge in [-0.2, -0.15) is 0 Å². The van der Waals surface area contributed by atoms with E-state index in [1.54, 1.807) is 0 Å². The lowest BCUT2D eigenvalue weighted by molar-refractivity contribution is -0.188. The molecule has 214 valence electrons. The summed E-state index contributed by atoms with van der Waals surface area (Å²) in [6.07, 6.45) is 2.93. The molecule has 0 aliphatic carbocycles. The Morgan fingerprint density at radius 3 is 1.39 bits per heavy atom. The van der Waals surface area contributed by atoms with E-state index in [9.17, 15) is 9.59 Å². The second kappa shape index (κ2) is 10.6. The second-order valence-electron chi connectivity index (χ2n) is 14.3. The maximum absolute atomic E-state index is 14.1. The van der Waals surface area contributed by atoms with Gasteiger partial charge < -0.3 is 9.47 Å². The van der Waals surface area contributed by atoms with Gasteiger partial charge in [-0.15, -0.1) is 0 Å². The van der Waals surface area contributed by atoms with E-state index >= 15 is 0 Å². The summed E-state index contributed by atoms with van der Waals surface area (Å²) >= 11 is 0. The first-order chi connectivity index (χ1) is 17.4. The molecule has 2 aliphatic rings.